The van der Waals surface area contributed by atoms with Crippen LogP contribution in [0.3, 0.4) is 0 Å². The van der Waals surface area contributed by atoms with E-state index in [9.17, 15) is 4.79 Å². The highest BCUT2D eigenvalue weighted by molar-refractivity contribution is 7.17. The highest BCUT2D eigenvalue weighted by atomic mass is 35.5. The minimum Gasteiger partial charge on any atom is -0.314 e. The highest BCUT2D eigenvalue weighted by Crippen LogP contribution is 2.32. The fourth-order valence-electron chi connectivity index (χ4n) is 2.82. The summed E-state index contributed by atoms with van der Waals surface area (Å²) in [6.07, 6.45) is 0.781. The second-order valence-corrected chi connectivity index (χ2v) is 6.48. The summed E-state index contributed by atoms with van der Waals surface area (Å²) < 4.78 is 1.24. The van der Waals surface area contributed by atoms with Crippen LogP contribution in [0, 0.1) is 6.92 Å². The SMILES string of the molecule is Cc1ccc2scc(C(=C=O)CCN3CCNCC3)c2c1.Cl. The number of nitrogens with one attached hydrogen (secondary N) is 1. The van der Waals surface area contributed by atoms with Crippen LogP contribution < -0.4 is 5.32 Å². The van der Waals surface area contributed by atoms with Gasteiger partial charge in [-0.15, -0.1) is 23.7 Å². The van der Waals surface area contributed by atoms with Crippen molar-refractivity contribution < 1.29 is 4.79 Å². The maximum Gasteiger partial charge on any atom is 0.128 e. The third-order valence-electron chi connectivity index (χ3n) is 4.06. The Labute approximate surface area is 141 Å². The molecule has 0 atom stereocenters. The molecule has 3 nitrogen and oxygen atoms in total. The maximum atomic E-state index is 11.4. The lowest BCUT2D eigenvalue weighted by atomic mass is 10.0. The van der Waals surface area contributed by atoms with E-state index in [4.69, 9.17) is 0 Å². The van der Waals surface area contributed by atoms with Crippen molar-refractivity contribution in [3.05, 3.63) is 34.7 Å². The quantitative estimate of drug-likeness (QED) is 0.871. The van der Waals surface area contributed by atoms with Crippen molar-refractivity contribution in [3.63, 3.8) is 0 Å². The number of piperazine rings is 1. The topological polar surface area (TPSA) is 32.3 Å². The number of benzene rings is 1. The number of nitrogens with zero attached hydrogens (tertiary/aromatic N) is 1. The predicted molar refractivity (Wildman–Crippen MR) is 96.8 cm³/mol. The Morgan fingerprint density at radius 1 is 1.36 bits per heavy atom. The molecule has 118 valence electrons. The van der Waals surface area contributed by atoms with Gasteiger partial charge < -0.3 is 10.2 Å². The van der Waals surface area contributed by atoms with E-state index in [1.54, 1.807) is 11.3 Å². The van der Waals surface area contributed by atoms with Crippen LogP contribution in [-0.2, 0) is 4.79 Å². The van der Waals surface area contributed by atoms with Gasteiger partial charge in [-0.25, -0.2) is 4.79 Å². The van der Waals surface area contributed by atoms with Crippen LogP contribution in [0.25, 0.3) is 15.7 Å². The maximum absolute atomic E-state index is 11.4. The first kappa shape index (κ1) is 17.2. The van der Waals surface area contributed by atoms with Crippen molar-refractivity contribution in [2.75, 3.05) is 32.7 Å². The van der Waals surface area contributed by atoms with Gasteiger partial charge in [-0.2, -0.15) is 0 Å². The van der Waals surface area contributed by atoms with Crippen LogP contribution in [0.4, 0.5) is 0 Å². The lowest BCUT2D eigenvalue weighted by Gasteiger charge is -2.27. The molecule has 1 aliphatic rings. The molecule has 1 aliphatic heterocycles. The smallest absolute Gasteiger partial charge is 0.128 e. The van der Waals surface area contributed by atoms with Gasteiger partial charge in [0.15, 0.2) is 0 Å². The van der Waals surface area contributed by atoms with Gasteiger partial charge in [0, 0.05) is 59.3 Å². The van der Waals surface area contributed by atoms with Gasteiger partial charge in [-0.3, -0.25) is 0 Å². The minimum atomic E-state index is 0. The third kappa shape index (κ3) is 3.78. The van der Waals surface area contributed by atoms with E-state index in [-0.39, 0.29) is 12.4 Å². The van der Waals surface area contributed by atoms with Crippen molar-refractivity contribution >= 4 is 45.3 Å². The molecule has 0 spiro atoms. The second-order valence-electron chi connectivity index (χ2n) is 5.57. The Kier molecular flexibility index (Phi) is 6.18. The van der Waals surface area contributed by atoms with Crippen molar-refractivity contribution in [2.24, 2.45) is 0 Å². The Balaban J connectivity index is 0.00000176. The summed E-state index contributed by atoms with van der Waals surface area (Å²) >= 11 is 1.70. The van der Waals surface area contributed by atoms with Gasteiger partial charge in [0.1, 0.15) is 5.94 Å². The molecule has 0 unspecified atom stereocenters. The summed E-state index contributed by atoms with van der Waals surface area (Å²) in [5.74, 6) is 2.19. The molecule has 1 fully saturated rings. The molecule has 3 rings (SSSR count). The molecule has 22 heavy (non-hydrogen) atoms. The summed E-state index contributed by atoms with van der Waals surface area (Å²) in [6.45, 7) is 7.24. The lowest BCUT2D eigenvalue weighted by molar-refractivity contribution is 0.246. The van der Waals surface area contributed by atoms with Crippen molar-refractivity contribution in [1.82, 2.24) is 10.2 Å². The van der Waals surface area contributed by atoms with Gasteiger partial charge in [0.05, 0.1) is 0 Å². The molecule has 5 heteroatoms. The minimum absolute atomic E-state index is 0. The molecule has 0 saturated carbocycles. The number of aryl methyl sites for hydroxylation is 1. The standard InChI is InChI=1S/C17H20N2OS.ClH/c1-13-2-3-17-15(10-13)16(12-21-17)14(11-20)4-7-19-8-5-18-6-9-19;/h2-3,10,12,18H,4-9H2,1H3;1H. The van der Waals surface area contributed by atoms with E-state index in [1.165, 1.54) is 15.6 Å². The predicted octanol–water partition coefficient (Wildman–Crippen LogP) is 3.14. The first-order valence-corrected chi connectivity index (χ1v) is 8.31. The number of halogens is 1. The van der Waals surface area contributed by atoms with Crippen LogP contribution in [0.1, 0.15) is 17.5 Å². The Morgan fingerprint density at radius 3 is 2.86 bits per heavy atom. The van der Waals surface area contributed by atoms with Gasteiger partial charge in [-0.05, 0) is 25.5 Å². The Hall–Kier alpha value is -1.16. The number of carbonyl (C=O) groups excluding carboxylic acids is 1. The highest BCUT2D eigenvalue weighted by Gasteiger charge is 2.14. The van der Waals surface area contributed by atoms with E-state index in [1.807, 2.05) is 0 Å². The molecule has 1 aromatic carbocycles. The first-order valence-electron chi connectivity index (χ1n) is 7.43. The van der Waals surface area contributed by atoms with Crippen LogP contribution >= 0.6 is 23.7 Å². The van der Waals surface area contributed by atoms with Crippen LogP contribution in [-0.4, -0.2) is 43.6 Å². The first-order chi connectivity index (χ1) is 10.3. The van der Waals surface area contributed by atoms with Gasteiger partial charge in [-0.1, -0.05) is 11.6 Å². The fourth-order valence-corrected chi connectivity index (χ4v) is 3.78. The average molecular weight is 337 g/mol. The van der Waals surface area contributed by atoms with Gasteiger partial charge in [0.2, 0.25) is 0 Å². The van der Waals surface area contributed by atoms with Gasteiger partial charge >= 0.3 is 0 Å². The van der Waals surface area contributed by atoms with Crippen molar-refractivity contribution in [2.45, 2.75) is 13.3 Å². The monoisotopic (exact) mass is 336 g/mol. The molecule has 1 saturated heterocycles. The summed E-state index contributed by atoms with van der Waals surface area (Å²) in [4.78, 5) is 13.8. The number of hydrogen-bond donors (Lipinski definition) is 1. The number of thiophene rings is 1. The molecule has 1 aromatic heterocycles. The second kappa shape index (κ2) is 7.91. The van der Waals surface area contributed by atoms with E-state index in [0.29, 0.717) is 0 Å². The van der Waals surface area contributed by atoms with E-state index in [2.05, 4.69) is 46.7 Å². The molecule has 1 N–H and O–H groups in total. The summed E-state index contributed by atoms with van der Waals surface area (Å²) in [5, 5.41) is 6.64. The van der Waals surface area contributed by atoms with Crippen LogP contribution in [0.15, 0.2) is 23.6 Å². The molecule has 0 aliphatic carbocycles. The fraction of sp³-hybridized carbons (Fsp3) is 0.412. The van der Waals surface area contributed by atoms with E-state index in [0.717, 1.165) is 50.3 Å². The zero-order valence-corrected chi connectivity index (χ0v) is 14.4. The summed E-state index contributed by atoms with van der Waals surface area (Å²) in [7, 11) is 0. The Morgan fingerprint density at radius 2 is 2.14 bits per heavy atom. The van der Waals surface area contributed by atoms with Crippen molar-refractivity contribution in [1.29, 1.82) is 0 Å². The van der Waals surface area contributed by atoms with E-state index < -0.39 is 0 Å². The molecule has 2 heterocycles. The largest absolute Gasteiger partial charge is 0.314 e. The zero-order valence-electron chi connectivity index (χ0n) is 12.7. The number of fused-ring (bicyclic) bond motifs is 1. The van der Waals surface area contributed by atoms with Gasteiger partial charge in [0.25, 0.3) is 0 Å². The normalized spacial score (nSPS) is 15.3. The molecule has 0 amide bonds. The molecular weight excluding hydrogens is 316 g/mol. The number of hydrogen-bond acceptors (Lipinski definition) is 4. The van der Waals surface area contributed by atoms with Crippen LogP contribution in [0.2, 0.25) is 0 Å². The van der Waals surface area contributed by atoms with E-state index >= 15 is 0 Å². The Bertz CT molecular complexity index is 685. The van der Waals surface area contributed by atoms with Crippen LogP contribution in [0.5, 0.6) is 0 Å². The molecular formula is C17H21ClN2OS. The van der Waals surface area contributed by atoms with Crippen molar-refractivity contribution in [3.8, 4) is 0 Å². The molecule has 0 radical (unpaired) electrons. The number of rotatable bonds is 4. The molecule has 0 bridgehead atoms. The molecule has 2 aromatic rings. The average Bonchev–Trinajstić information content (AvgIpc) is 2.92. The zero-order chi connectivity index (χ0) is 14.7. The summed E-state index contributed by atoms with van der Waals surface area (Å²) in [5.41, 5.74) is 3.11. The lowest BCUT2D eigenvalue weighted by Crippen LogP contribution is -2.43. The summed E-state index contributed by atoms with van der Waals surface area (Å²) in [6, 6.07) is 6.43. The third-order valence-corrected chi connectivity index (χ3v) is 5.03.